The van der Waals surface area contributed by atoms with E-state index in [4.69, 9.17) is 5.73 Å². The number of rotatable bonds is 5. The number of aromatic nitrogens is 1. The van der Waals surface area contributed by atoms with Crippen LogP contribution in [0.2, 0.25) is 0 Å². The molecule has 0 bridgehead atoms. The molecule has 2 rings (SSSR count). The second-order valence-electron chi connectivity index (χ2n) is 4.58. The predicted molar refractivity (Wildman–Crippen MR) is 77.0 cm³/mol. The van der Waals surface area contributed by atoms with Crippen molar-refractivity contribution in [2.45, 2.75) is 25.8 Å². The number of carbonyl (C=O) groups excluding carboxylic acids is 1. The molecule has 0 saturated carbocycles. The zero-order valence-corrected chi connectivity index (χ0v) is 11.1. The molecule has 1 aromatic carbocycles. The number of para-hydroxylation sites is 1. The Labute approximate surface area is 113 Å². The molecule has 0 aliphatic carbocycles. The highest BCUT2D eigenvalue weighted by molar-refractivity contribution is 5.95. The summed E-state index contributed by atoms with van der Waals surface area (Å²) in [6, 6.07) is 11.4. The number of pyridine rings is 1. The first kappa shape index (κ1) is 13.5. The van der Waals surface area contributed by atoms with E-state index in [0.717, 1.165) is 23.7 Å². The highest BCUT2D eigenvalue weighted by Crippen LogP contribution is 2.11. The first-order chi connectivity index (χ1) is 9.24. The molecule has 0 radical (unpaired) electrons. The van der Waals surface area contributed by atoms with E-state index in [1.807, 2.05) is 30.3 Å². The van der Waals surface area contributed by atoms with Crippen molar-refractivity contribution in [2.24, 2.45) is 5.73 Å². The Morgan fingerprint density at radius 2 is 2.11 bits per heavy atom. The van der Waals surface area contributed by atoms with E-state index in [1.165, 1.54) is 0 Å². The van der Waals surface area contributed by atoms with Crippen LogP contribution in [0.4, 0.5) is 0 Å². The van der Waals surface area contributed by atoms with Gasteiger partial charge in [0.2, 0.25) is 0 Å². The fraction of sp³-hybridized carbons (Fsp3) is 0.333. The van der Waals surface area contributed by atoms with Gasteiger partial charge in [-0.2, -0.15) is 0 Å². The van der Waals surface area contributed by atoms with Crippen LogP contribution in [0, 0.1) is 0 Å². The number of hydrogen-bond donors (Lipinski definition) is 2. The van der Waals surface area contributed by atoms with E-state index in [2.05, 4.69) is 17.2 Å². The Balaban J connectivity index is 2.16. The molecule has 0 saturated heterocycles. The van der Waals surface area contributed by atoms with Gasteiger partial charge in [-0.15, -0.1) is 0 Å². The second-order valence-corrected chi connectivity index (χ2v) is 4.58. The van der Waals surface area contributed by atoms with Crippen LogP contribution in [-0.2, 0) is 0 Å². The summed E-state index contributed by atoms with van der Waals surface area (Å²) in [6.07, 6.45) is 1.88. The molecule has 2 aromatic rings. The van der Waals surface area contributed by atoms with Gasteiger partial charge in [-0.05, 0) is 18.6 Å². The van der Waals surface area contributed by atoms with E-state index >= 15 is 0 Å². The number of benzene rings is 1. The Morgan fingerprint density at radius 1 is 1.32 bits per heavy atom. The zero-order chi connectivity index (χ0) is 13.7. The third kappa shape index (κ3) is 3.29. The summed E-state index contributed by atoms with van der Waals surface area (Å²) in [5.74, 6) is -0.158. The number of nitrogens with zero attached hydrogens (tertiary/aromatic N) is 1. The molecule has 3 N–H and O–H groups in total. The van der Waals surface area contributed by atoms with Gasteiger partial charge >= 0.3 is 0 Å². The van der Waals surface area contributed by atoms with Crippen molar-refractivity contribution in [1.29, 1.82) is 0 Å². The fourth-order valence-electron chi connectivity index (χ4n) is 2.05. The van der Waals surface area contributed by atoms with Crippen LogP contribution in [0.5, 0.6) is 0 Å². The summed E-state index contributed by atoms with van der Waals surface area (Å²) in [5.41, 5.74) is 6.91. The standard InChI is InChI=1S/C15H19N3O/c1-2-5-12(10-16)17-15(19)14-9-8-11-6-3-4-7-13(11)18-14/h3-4,6-9,12H,2,5,10,16H2,1H3,(H,17,19). The monoisotopic (exact) mass is 257 g/mol. The lowest BCUT2D eigenvalue weighted by molar-refractivity contribution is 0.0931. The maximum absolute atomic E-state index is 12.1. The maximum Gasteiger partial charge on any atom is 0.270 e. The molecule has 4 heteroatoms. The molecule has 1 aromatic heterocycles. The highest BCUT2D eigenvalue weighted by atomic mass is 16.1. The molecule has 100 valence electrons. The van der Waals surface area contributed by atoms with Gasteiger partial charge in [0.25, 0.3) is 5.91 Å². The van der Waals surface area contributed by atoms with Crippen LogP contribution in [0.25, 0.3) is 10.9 Å². The Bertz CT molecular complexity index is 568. The molecule has 1 atom stereocenters. The van der Waals surface area contributed by atoms with Gasteiger partial charge in [-0.25, -0.2) is 4.98 Å². The molecule has 4 nitrogen and oxygen atoms in total. The van der Waals surface area contributed by atoms with E-state index in [-0.39, 0.29) is 11.9 Å². The smallest absolute Gasteiger partial charge is 0.270 e. The van der Waals surface area contributed by atoms with E-state index in [0.29, 0.717) is 12.2 Å². The molecular formula is C15H19N3O. The molecule has 0 aliphatic heterocycles. The van der Waals surface area contributed by atoms with E-state index < -0.39 is 0 Å². The zero-order valence-electron chi connectivity index (χ0n) is 11.1. The summed E-state index contributed by atoms with van der Waals surface area (Å²) in [7, 11) is 0. The van der Waals surface area contributed by atoms with Crippen LogP contribution in [-0.4, -0.2) is 23.5 Å². The van der Waals surface area contributed by atoms with Crippen LogP contribution in [0.1, 0.15) is 30.3 Å². The van der Waals surface area contributed by atoms with Crippen LogP contribution >= 0.6 is 0 Å². The molecule has 1 amide bonds. The first-order valence-electron chi connectivity index (χ1n) is 6.61. The van der Waals surface area contributed by atoms with Gasteiger partial charge in [-0.1, -0.05) is 37.6 Å². The Hall–Kier alpha value is -1.94. The highest BCUT2D eigenvalue weighted by Gasteiger charge is 2.13. The molecular weight excluding hydrogens is 238 g/mol. The normalized spacial score (nSPS) is 12.3. The Kier molecular flexibility index (Phi) is 4.47. The van der Waals surface area contributed by atoms with E-state index in [1.54, 1.807) is 6.07 Å². The summed E-state index contributed by atoms with van der Waals surface area (Å²) >= 11 is 0. The molecule has 1 unspecified atom stereocenters. The minimum absolute atomic E-state index is 0.0192. The quantitative estimate of drug-likeness (QED) is 0.861. The maximum atomic E-state index is 12.1. The van der Waals surface area contributed by atoms with Crippen molar-refractivity contribution in [3.05, 3.63) is 42.1 Å². The Morgan fingerprint density at radius 3 is 2.84 bits per heavy atom. The number of nitrogens with one attached hydrogen (secondary N) is 1. The van der Waals surface area contributed by atoms with Gasteiger partial charge in [0, 0.05) is 18.0 Å². The average Bonchev–Trinajstić information content (AvgIpc) is 2.46. The van der Waals surface area contributed by atoms with Gasteiger partial charge in [0.1, 0.15) is 5.69 Å². The van der Waals surface area contributed by atoms with Gasteiger partial charge < -0.3 is 11.1 Å². The molecule has 0 spiro atoms. The fourth-order valence-corrected chi connectivity index (χ4v) is 2.05. The largest absolute Gasteiger partial charge is 0.347 e. The van der Waals surface area contributed by atoms with E-state index in [9.17, 15) is 4.79 Å². The summed E-state index contributed by atoms with van der Waals surface area (Å²) in [5, 5.41) is 3.95. The van der Waals surface area contributed by atoms with Crippen LogP contribution in [0.15, 0.2) is 36.4 Å². The molecule has 0 aliphatic rings. The minimum atomic E-state index is -0.158. The van der Waals surface area contributed by atoms with Gasteiger partial charge in [0.05, 0.1) is 5.52 Å². The topological polar surface area (TPSA) is 68.0 Å². The summed E-state index contributed by atoms with van der Waals surface area (Å²) < 4.78 is 0. The third-order valence-electron chi connectivity index (χ3n) is 3.09. The number of carbonyl (C=O) groups is 1. The van der Waals surface area contributed by atoms with Crippen LogP contribution < -0.4 is 11.1 Å². The SMILES string of the molecule is CCCC(CN)NC(=O)c1ccc2ccccc2n1. The first-order valence-corrected chi connectivity index (χ1v) is 6.61. The van der Waals surface area contributed by atoms with Crippen molar-refractivity contribution in [1.82, 2.24) is 10.3 Å². The lowest BCUT2D eigenvalue weighted by Gasteiger charge is -2.15. The molecule has 19 heavy (non-hydrogen) atoms. The van der Waals surface area contributed by atoms with Gasteiger partial charge in [0.15, 0.2) is 0 Å². The third-order valence-corrected chi connectivity index (χ3v) is 3.09. The number of amides is 1. The van der Waals surface area contributed by atoms with Crippen molar-refractivity contribution < 1.29 is 4.79 Å². The lowest BCUT2D eigenvalue weighted by Crippen LogP contribution is -2.40. The van der Waals surface area contributed by atoms with Crippen molar-refractivity contribution in [3.63, 3.8) is 0 Å². The number of nitrogens with two attached hydrogens (primary N) is 1. The summed E-state index contributed by atoms with van der Waals surface area (Å²) in [6.45, 7) is 2.52. The van der Waals surface area contributed by atoms with Crippen molar-refractivity contribution >= 4 is 16.8 Å². The lowest BCUT2D eigenvalue weighted by atomic mass is 10.1. The number of hydrogen-bond acceptors (Lipinski definition) is 3. The van der Waals surface area contributed by atoms with Crippen molar-refractivity contribution in [3.8, 4) is 0 Å². The number of fused-ring (bicyclic) bond motifs is 1. The second kappa shape index (κ2) is 6.29. The average molecular weight is 257 g/mol. The van der Waals surface area contributed by atoms with Gasteiger partial charge in [-0.3, -0.25) is 4.79 Å². The molecule has 1 heterocycles. The minimum Gasteiger partial charge on any atom is -0.347 e. The van der Waals surface area contributed by atoms with Crippen LogP contribution in [0.3, 0.4) is 0 Å². The van der Waals surface area contributed by atoms with Crippen molar-refractivity contribution in [2.75, 3.05) is 6.54 Å². The summed E-state index contributed by atoms with van der Waals surface area (Å²) in [4.78, 5) is 16.5. The molecule has 0 fully saturated rings. The predicted octanol–water partition coefficient (Wildman–Crippen LogP) is 2.09.